The van der Waals surface area contributed by atoms with Crippen LogP contribution in [0.5, 0.6) is 5.75 Å². The van der Waals surface area contributed by atoms with Crippen molar-refractivity contribution in [2.45, 2.75) is 0 Å². The van der Waals surface area contributed by atoms with Crippen molar-refractivity contribution < 1.29 is 14.3 Å². The highest BCUT2D eigenvalue weighted by molar-refractivity contribution is 9.11. The molecule has 2 heterocycles. The maximum Gasteiger partial charge on any atom is 0.262 e. The number of benzene rings is 1. The highest BCUT2D eigenvalue weighted by atomic mass is 79.9. The van der Waals surface area contributed by atoms with Gasteiger partial charge in [-0.3, -0.25) is 9.59 Å². The zero-order valence-electron chi connectivity index (χ0n) is 10.8. The molecule has 1 aromatic heterocycles. The molecular formula is C15H10BrNO3S. The number of hydrogen-bond donors (Lipinski definition) is 1. The van der Waals surface area contributed by atoms with Crippen LogP contribution in [0.25, 0.3) is 6.08 Å². The van der Waals surface area contributed by atoms with Crippen LogP contribution in [-0.2, 0) is 4.79 Å². The summed E-state index contributed by atoms with van der Waals surface area (Å²) in [7, 11) is 0. The number of carbonyl (C=O) groups is 2. The molecule has 0 unspecified atom stereocenters. The van der Waals surface area contributed by atoms with Gasteiger partial charge < -0.3 is 10.1 Å². The molecule has 106 valence electrons. The van der Waals surface area contributed by atoms with Crippen molar-refractivity contribution in [3.63, 3.8) is 0 Å². The first-order valence-electron chi connectivity index (χ1n) is 6.16. The molecule has 0 atom stereocenters. The normalized spacial score (nSPS) is 13.7. The van der Waals surface area contributed by atoms with E-state index in [9.17, 15) is 9.59 Å². The van der Waals surface area contributed by atoms with E-state index in [0.717, 1.165) is 8.66 Å². The summed E-state index contributed by atoms with van der Waals surface area (Å²) >= 11 is 4.93. The molecule has 4 nitrogen and oxygen atoms in total. The van der Waals surface area contributed by atoms with Gasteiger partial charge in [0.1, 0.15) is 5.75 Å². The third kappa shape index (κ3) is 3.22. The second-order valence-corrected chi connectivity index (χ2v) is 6.88. The number of rotatable bonds is 3. The van der Waals surface area contributed by atoms with E-state index in [0.29, 0.717) is 17.0 Å². The molecule has 0 aliphatic carbocycles. The fraction of sp³-hybridized carbons (Fsp3) is 0.0667. The quantitative estimate of drug-likeness (QED) is 0.667. The predicted molar refractivity (Wildman–Crippen MR) is 86.0 cm³/mol. The Kier molecular flexibility index (Phi) is 3.90. The van der Waals surface area contributed by atoms with E-state index in [2.05, 4.69) is 21.2 Å². The summed E-state index contributed by atoms with van der Waals surface area (Å²) in [6.07, 6.45) is 3.29. The second-order valence-electron chi connectivity index (χ2n) is 4.39. The molecule has 1 amide bonds. The second kappa shape index (κ2) is 5.83. The molecule has 2 aromatic rings. The van der Waals surface area contributed by atoms with Crippen LogP contribution in [0.3, 0.4) is 0 Å². The summed E-state index contributed by atoms with van der Waals surface area (Å²) in [6.45, 7) is 0.00739. The number of hydrogen-bond acceptors (Lipinski definition) is 4. The van der Waals surface area contributed by atoms with Gasteiger partial charge in [0.25, 0.3) is 5.91 Å². The van der Waals surface area contributed by atoms with Crippen molar-refractivity contribution in [3.05, 3.63) is 50.6 Å². The molecule has 0 saturated heterocycles. The fourth-order valence-electron chi connectivity index (χ4n) is 1.91. The van der Waals surface area contributed by atoms with Crippen LogP contribution >= 0.6 is 27.3 Å². The minimum Gasteiger partial charge on any atom is -0.482 e. The Hall–Kier alpha value is -1.92. The number of nitrogens with one attached hydrogen (secondary N) is 1. The van der Waals surface area contributed by atoms with Crippen LogP contribution in [0.1, 0.15) is 15.2 Å². The lowest BCUT2D eigenvalue weighted by Gasteiger charge is -2.17. The maximum absolute atomic E-state index is 12.1. The summed E-state index contributed by atoms with van der Waals surface area (Å²) in [5.74, 6) is 0.241. The zero-order valence-corrected chi connectivity index (χ0v) is 13.2. The topological polar surface area (TPSA) is 55.4 Å². The molecule has 1 aliphatic rings. The van der Waals surface area contributed by atoms with Crippen LogP contribution in [0.2, 0.25) is 0 Å². The van der Waals surface area contributed by atoms with Gasteiger partial charge in [-0.05, 0) is 58.4 Å². The van der Waals surface area contributed by atoms with Gasteiger partial charge in [0.05, 0.1) is 9.47 Å². The molecule has 1 aliphatic heterocycles. The largest absolute Gasteiger partial charge is 0.482 e. The number of thiophene rings is 1. The minimum absolute atomic E-state index is 0.00739. The Morgan fingerprint density at radius 1 is 1.33 bits per heavy atom. The third-order valence-electron chi connectivity index (χ3n) is 2.89. The van der Waals surface area contributed by atoms with Crippen LogP contribution in [-0.4, -0.2) is 18.3 Å². The molecule has 6 heteroatoms. The number of amides is 1. The van der Waals surface area contributed by atoms with Crippen molar-refractivity contribution >= 4 is 50.7 Å². The standard InChI is InChI=1S/C15H10BrNO3S/c16-14-6-3-10(21-14)2-4-12(18)9-1-5-13-11(7-9)17-15(19)8-20-13/h1-7H,8H2,(H,17,19)/b4-2+. The van der Waals surface area contributed by atoms with Crippen LogP contribution < -0.4 is 10.1 Å². The van der Waals surface area contributed by atoms with Gasteiger partial charge >= 0.3 is 0 Å². The van der Waals surface area contributed by atoms with E-state index in [1.807, 2.05) is 12.1 Å². The van der Waals surface area contributed by atoms with Gasteiger partial charge in [-0.2, -0.15) is 0 Å². The zero-order chi connectivity index (χ0) is 14.8. The molecule has 1 aromatic carbocycles. The predicted octanol–water partition coefficient (Wildman–Crippen LogP) is 3.74. The number of allylic oxidation sites excluding steroid dienone is 1. The Balaban J connectivity index is 1.80. The Morgan fingerprint density at radius 2 is 2.19 bits per heavy atom. The number of anilines is 1. The monoisotopic (exact) mass is 363 g/mol. The van der Waals surface area contributed by atoms with Gasteiger partial charge in [0.15, 0.2) is 12.4 Å². The molecule has 0 bridgehead atoms. The summed E-state index contributed by atoms with van der Waals surface area (Å²) in [6, 6.07) is 8.87. The summed E-state index contributed by atoms with van der Waals surface area (Å²) in [4.78, 5) is 24.4. The molecule has 0 fully saturated rings. The fourth-order valence-corrected chi connectivity index (χ4v) is 3.23. The van der Waals surface area contributed by atoms with E-state index in [4.69, 9.17) is 4.74 Å². The molecule has 1 N–H and O–H groups in total. The van der Waals surface area contributed by atoms with Crippen LogP contribution in [0.15, 0.2) is 40.2 Å². The van der Waals surface area contributed by atoms with Crippen molar-refractivity contribution in [1.82, 2.24) is 0 Å². The lowest BCUT2D eigenvalue weighted by Crippen LogP contribution is -2.25. The molecule has 3 rings (SSSR count). The molecule has 21 heavy (non-hydrogen) atoms. The van der Waals surface area contributed by atoms with Gasteiger partial charge in [0, 0.05) is 10.4 Å². The SMILES string of the molecule is O=C1COc2ccc(C(=O)/C=C/c3ccc(Br)s3)cc2N1. The maximum atomic E-state index is 12.1. The van der Waals surface area contributed by atoms with E-state index >= 15 is 0 Å². The first-order valence-corrected chi connectivity index (χ1v) is 7.77. The van der Waals surface area contributed by atoms with E-state index in [1.165, 1.54) is 6.08 Å². The summed E-state index contributed by atoms with van der Waals surface area (Å²) in [5.41, 5.74) is 1.04. The van der Waals surface area contributed by atoms with Crippen molar-refractivity contribution in [3.8, 4) is 5.75 Å². The number of halogens is 1. The first-order chi connectivity index (χ1) is 10.1. The number of fused-ring (bicyclic) bond motifs is 1. The molecule has 0 spiro atoms. The summed E-state index contributed by atoms with van der Waals surface area (Å²) in [5, 5.41) is 2.69. The minimum atomic E-state index is -0.217. The number of ether oxygens (including phenoxy) is 1. The van der Waals surface area contributed by atoms with Gasteiger partial charge in [0.2, 0.25) is 0 Å². The Bertz CT molecular complexity index is 751. The van der Waals surface area contributed by atoms with Crippen molar-refractivity contribution in [2.75, 3.05) is 11.9 Å². The highest BCUT2D eigenvalue weighted by Gasteiger charge is 2.17. The Labute approximate surface area is 133 Å². The number of ketones is 1. The molecule has 0 saturated carbocycles. The third-order valence-corrected chi connectivity index (χ3v) is 4.48. The molecule has 0 radical (unpaired) electrons. The van der Waals surface area contributed by atoms with E-state index in [-0.39, 0.29) is 18.3 Å². The average Bonchev–Trinajstić information content (AvgIpc) is 2.89. The van der Waals surface area contributed by atoms with Gasteiger partial charge in [-0.15, -0.1) is 11.3 Å². The van der Waals surface area contributed by atoms with Gasteiger partial charge in [-0.1, -0.05) is 0 Å². The van der Waals surface area contributed by atoms with E-state index in [1.54, 1.807) is 35.6 Å². The summed E-state index contributed by atoms with van der Waals surface area (Å²) < 4.78 is 6.27. The van der Waals surface area contributed by atoms with E-state index < -0.39 is 0 Å². The lowest BCUT2D eigenvalue weighted by molar-refractivity contribution is -0.118. The lowest BCUT2D eigenvalue weighted by atomic mass is 10.1. The number of carbonyl (C=O) groups excluding carboxylic acids is 2. The van der Waals surface area contributed by atoms with Crippen LogP contribution in [0, 0.1) is 0 Å². The van der Waals surface area contributed by atoms with Crippen molar-refractivity contribution in [2.24, 2.45) is 0 Å². The first kappa shape index (κ1) is 14.0. The smallest absolute Gasteiger partial charge is 0.262 e. The molecular weight excluding hydrogens is 354 g/mol. The Morgan fingerprint density at radius 3 is 2.95 bits per heavy atom. The average molecular weight is 364 g/mol. The van der Waals surface area contributed by atoms with Crippen LogP contribution in [0.4, 0.5) is 5.69 Å². The van der Waals surface area contributed by atoms with Crippen molar-refractivity contribution in [1.29, 1.82) is 0 Å². The van der Waals surface area contributed by atoms with Gasteiger partial charge in [-0.25, -0.2) is 0 Å². The highest BCUT2D eigenvalue weighted by Crippen LogP contribution is 2.29.